The van der Waals surface area contributed by atoms with Crippen molar-refractivity contribution in [2.45, 2.75) is 62.5 Å². The summed E-state index contributed by atoms with van der Waals surface area (Å²) in [5, 5.41) is 2.99. The maximum Gasteiger partial charge on any atom is 0.264 e. The van der Waals surface area contributed by atoms with E-state index in [1.54, 1.807) is 36.4 Å². The van der Waals surface area contributed by atoms with Crippen LogP contribution in [-0.4, -0.2) is 50.0 Å². The smallest absolute Gasteiger partial charge is 0.264 e. The Morgan fingerprint density at radius 2 is 1.44 bits per heavy atom. The highest BCUT2D eigenvalue weighted by Crippen LogP contribution is 2.27. The average molecular weight is 644 g/mol. The van der Waals surface area contributed by atoms with Gasteiger partial charge >= 0.3 is 0 Å². The molecule has 0 bridgehead atoms. The molecular formula is C36H41N3O4S2. The van der Waals surface area contributed by atoms with Gasteiger partial charge in [0, 0.05) is 23.9 Å². The van der Waals surface area contributed by atoms with Crippen molar-refractivity contribution in [2.24, 2.45) is 0 Å². The highest BCUT2D eigenvalue weighted by Gasteiger charge is 2.35. The minimum atomic E-state index is -4.15. The molecule has 0 aliphatic carbocycles. The van der Waals surface area contributed by atoms with Crippen molar-refractivity contribution in [1.82, 2.24) is 10.2 Å². The van der Waals surface area contributed by atoms with Crippen molar-refractivity contribution >= 4 is 39.3 Å². The Labute approximate surface area is 271 Å². The molecule has 7 nitrogen and oxygen atoms in total. The summed E-state index contributed by atoms with van der Waals surface area (Å²) in [5.74, 6) is -0.781. The Morgan fingerprint density at radius 3 is 2.04 bits per heavy atom. The van der Waals surface area contributed by atoms with E-state index in [9.17, 15) is 18.0 Å². The highest BCUT2D eigenvalue weighted by molar-refractivity contribution is 7.98. The molecule has 4 aromatic carbocycles. The number of hydrogen-bond donors (Lipinski definition) is 1. The van der Waals surface area contributed by atoms with Gasteiger partial charge in [0.25, 0.3) is 10.0 Å². The molecular weight excluding hydrogens is 603 g/mol. The Morgan fingerprint density at radius 1 is 0.822 bits per heavy atom. The first-order valence-electron chi connectivity index (χ1n) is 14.9. The fraction of sp³-hybridized carbons (Fsp3) is 0.278. The van der Waals surface area contributed by atoms with Gasteiger partial charge in [-0.1, -0.05) is 72.3 Å². The van der Waals surface area contributed by atoms with Crippen molar-refractivity contribution in [2.75, 3.05) is 17.1 Å². The molecule has 1 unspecified atom stereocenters. The quantitative estimate of drug-likeness (QED) is 0.171. The highest BCUT2D eigenvalue weighted by atomic mass is 32.2. The molecule has 0 fully saturated rings. The minimum absolute atomic E-state index is 0.0810. The lowest BCUT2D eigenvalue weighted by Crippen LogP contribution is -2.54. The molecule has 236 valence electrons. The van der Waals surface area contributed by atoms with Crippen LogP contribution in [0.4, 0.5) is 5.69 Å². The van der Waals surface area contributed by atoms with Crippen LogP contribution in [0.1, 0.15) is 36.1 Å². The predicted molar refractivity (Wildman–Crippen MR) is 183 cm³/mol. The summed E-state index contributed by atoms with van der Waals surface area (Å²) < 4.78 is 29.5. The van der Waals surface area contributed by atoms with Crippen LogP contribution < -0.4 is 9.62 Å². The summed E-state index contributed by atoms with van der Waals surface area (Å²) in [4.78, 5) is 30.9. The standard InChI is InChI=1S/C36H41N3O4S2/c1-26(2)37-36(41)34(23-29-12-7-6-8-13-29)38(24-30-14-10-9-11-28(30)4)35(40)25-39(31-17-15-27(3)16-18-31)45(42,43)33-21-19-32(44-5)20-22-33/h6-22,26,34H,23-25H2,1-5H3,(H,37,41). The lowest BCUT2D eigenvalue weighted by atomic mass is 10.0. The van der Waals surface area contributed by atoms with E-state index in [0.717, 1.165) is 31.5 Å². The third-order valence-corrected chi connectivity index (χ3v) is 10.1. The van der Waals surface area contributed by atoms with Crippen molar-refractivity contribution < 1.29 is 18.0 Å². The summed E-state index contributed by atoms with van der Waals surface area (Å²) in [6, 6.07) is 29.9. The van der Waals surface area contributed by atoms with E-state index < -0.39 is 28.5 Å². The molecule has 1 N–H and O–H groups in total. The van der Waals surface area contributed by atoms with E-state index in [1.807, 2.05) is 101 Å². The number of carbonyl (C=O) groups is 2. The fourth-order valence-corrected chi connectivity index (χ4v) is 6.84. The molecule has 2 amide bonds. The third kappa shape index (κ3) is 8.77. The number of anilines is 1. The van der Waals surface area contributed by atoms with Crippen molar-refractivity contribution in [3.05, 3.63) is 125 Å². The van der Waals surface area contributed by atoms with E-state index in [1.165, 1.54) is 16.7 Å². The van der Waals surface area contributed by atoms with Crippen LogP contribution in [0, 0.1) is 13.8 Å². The van der Waals surface area contributed by atoms with Crippen molar-refractivity contribution in [3.8, 4) is 0 Å². The Balaban J connectivity index is 1.81. The number of sulfonamides is 1. The molecule has 0 saturated carbocycles. The van der Waals surface area contributed by atoms with Crippen LogP contribution >= 0.6 is 11.8 Å². The second kappa shape index (κ2) is 15.3. The summed E-state index contributed by atoms with van der Waals surface area (Å²) in [7, 11) is -4.15. The van der Waals surface area contributed by atoms with Gasteiger partial charge in [0.15, 0.2) is 0 Å². The van der Waals surface area contributed by atoms with Gasteiger partial charge in [-0.2, -0.15) is 0 Å². The predicted octanol–water partition coefficient (Wildman–Crippen LogP) is 6.39. The first-order valence-corrected chi connectivity index (χ1v) is 17.6. The number of thioether (sulfide) groups is 1. The van der Waals surface area contributed by atoms with E-state index in [-0.39, 0.29) is 29.8 Å². The topological polar surface area (TPSA) is 86.8 Å². The normalized spacial score (nSPS) is 12.0. The number of nitrogens with one attached hydrogen (secondary N) is 1. The molecule has 45 heavy (non-hydrogen) atoms. The molecule has 0 spiro atoms. The number of aryl methyl sites for hydroxylation is 2. The number of amides is 2. The molecule has 0 aliphatic heterocycles. The Kier molecular flexibility index (Phi) is 11.5. The zero-order valence-electron chi connectivity index (χ0n) is 26.4. The van der Waals surface area contributed by atoms with Crippen LogP contribution in [0.25, 0.3) is 0 Å². The summed E-state index contributed by atoms with van der Waals surface area (Å²) in [5.41, 5.74) is 4.06. The molecule has 0 aromatic heterocycles. The largest absolute Gasteiger partial charge is 0.352 e. The molecule has 1 atom stereocenters. The maximum atomic E-state index is 14.5. The molecule has 0 heterocycles. The first kappa shape index (κ1) is 33.8. The summed E-state index contributed by atoms with van der Waals surface area (Å²) >= 11 is 1.51. The van der Waals surface area contributed by atoms with Gasteiger partial charge in [-0.3, -0.25) is 13.9 Å². The molecule has 0 aliphatic rings. The summed E-state index contributed by atoms with van der Waals surface area (Å²) in [6.45, 7) is 7.28. The SMILES string of the molecule is CSc1ccc(S(=O)(=O)N(CC(=O)N(Cc2ccccc2C)C(Cc2ccccc2)C(=O)NC(C)C)c2ccc(C)cc2)cc1. The van der Waals surface area contributed by atoms with Gasteiger partial charge in [0.1, 0.15) is 12.6 Å². The molecule has 9 heteroatoms. The minimum Gasteiger partial charge on any atom is -0.352 e. The average Bonchev–Trinajstić information content (AvgIpc) is 3.03. The summed E-state index contributed by atoms with van der Waals surface area (Å²) in [6.07, 6.45) is 2.19. The zero-order valence-corrected chi connectivity index (χ0v) is 28.1. The van der Waals surface area contributed by atoms with Crippen molar-refractivity contribution in [1.29, 1.82) is 0 Å². The van der Waals surface area contributed by atoms with Gasteiger partial charge in [-0.25, -0.2) is 8.42 Å². The van der Waals surface area contributed by atoms with E-state index in [4.69, 9.17) is 0 Å². The fourth-order valence-electron chi connectivity index (χ4n) is 5.02. The lowest BCUT2D eigenvalue weighted by molar-refractivity contribution is -0.140. The van der Waals surface area contributed by atoms with E-state index >= 15 is 0 Å². The van der Waals surface area contributed by atoms with Crippen LogP contribution in [0.15, 0.2) is 113 Å². The maximum absolute atomic E-state index is 14.5. The molecule has 0 saturated heterocycles. The van der Waals surface area contributed by atoms with Crippen LogP contribution in [0.3, 0.4) is 0 Å². The second-order valence-corrected chi connectivity index (χ2v) is 14.1. The van der Waals surface area contributed by atoms with Gasteiger partial charge in [0.05, 0.1) is 10.6 Å². The lowest BCUT2D eigenvalue weighted by Gasteiger charge is -2.34. The first-order chi connectivity index (χ1) is 21.5. The number of hydrogen-bond acceptors (Lipinski definition) is 5. The molecule has 0 radical (unpaired) electrons. The van der Waals surface area contributed by atoms with E-state index in [0.29, 0.717) is 5.69 Å². The second-order valence-electron chi connectivity index (χ2n) is 11.3. The Hall–Kier alpha value is -4.08. The van der Waals surface area contributed by atoms with Gasteiger partial charge in [-0.15, -0.1) is 11.8 Å². The molecule has 4 aromatic rings. The van der Waals surface area contributed by atoms with Crippen LogP contribution in [0.5, 0.6) is 0 Å². The zero-order chi connectivity index (χ0) is 32.6. The third-order valence-electron chi connectivity index (χ3n) is 7.55. The van der Waals surface area contributed by atoms with Crippen LogP contribution in [0.2, 0.25) is 0 Å². The number of rotatable bonds is 13. The van der Waals surface area contributed by atoms with E-state index in [2.05, 4.69) is 5.32 Å². The number of nitrogens with zero attached hydrogens (tertiary/aromatic N) is 2. The van der Waals surface area contributed by atoms with Gasteiger partial charge in [0.2, 0.25) is 11.8 Å². The molecule has 4 rings (SSSR count). The number of carbonyl (C=O) groups excluding carboxylic acids is 2. The van der Waals surface area contributed by atoms with Gasteiger partial charge in [-0.05, 0) is 87.0 Å². The Bertz CT molecular complexity index is 1690. The van der Waals surface area contributed by atoms with Crippen LogP contribution in [-0.2, 0) is 32.6 Å². The monoisotopic (exact) mass is 643 g/mol. The van der Waals surface area contributed by atoms with Crippen molar-refractivity contribution in [3.63, 3.8) is 0 Å². The number of benzene rings is 4. The van der Waals surface area contributed by atoms with Gasteiger partial charge < -0.3 is 10.2 Å².